The molecule has 0 saturated carbocycles. The highest BCUT2D eigenvalue weighted by Gasteiger charge is 2.54. The number of ketones is 2. The van der Waals surface area contributed by atoms with E-state index < -0.39 is 35.9 Å². The maximum absolute atomic E-state index is 13.4. The van der Waals surface area contributed by atoms with Gasteiger partial charge < -0.3 is 23.9 Å². The summed E-state index contributed by atoms with van der Waals surface area (Å²) in [6, 6.07) is 6.50. The molecule has 3 atom stereocenters. The van der Waals surface area contributed by atoms with Gasteiger partial charge in [0.25, 0.3) is 0 Å². The Morgan fingerprint density at radius 3 is 2.38 bits per heavy atom. The molecule has 0 spiro atoms. The summed E-state index contributed by atoms with van der Waals surface area (Å²) in [6.45, 7) is 3.40. The average molecular weight is 397 g/mol. The zero-order valence-corrected chi connectivity index (χ0v) is 16.1. The molecule has 0 radical (unpaired) electrons. The molecule has 8 heteroatoms. The molecule has 2 aliphatic heterocycles. The largest absolute Gasteiger partial charge is 0.464 e. The number of fused-ring (bicyclic) bond motifs is 6. The summed E-state index contributed by atoms with van der Waals surface area (Å²) in [6.07, 6.45) is -2.51. The van der Waals surface area contributed by atoms with Gasteiger partial charge in [0.2, 0.25) is 0 Å². The first-order valence-corrected chi connectivity index (χ1v) is 9.32. The number of aromatic nitrogens is 1. The summed E-state index contributed by atoms with van der Waals surface area (Å²) < 4.78 is 18.2. The van der Waals surface area contributed by atoms with Crippen molar-refractivity contribution >= 4 is 17.5 Å². The third-order valence-electron chi connectivity index (χ3n) is 5.70. The first-order chi connectivity index (χ1) is 13.7. The summed E-state index contributed by atoms with van der Waals surface area (Å²) in [5, 5.41) is 10.7. The van der Waals surface area contributed by atoms with Crippen molar-refractivity contribution in [2.24, 2.45) is 0 Å². The van der Waals surface area contributed by atoms with Crippen LogP contribution in [0.25, 0.3) is 0 Å². The standard InChI is InChI=1S/C21H19NO7/c1-21(2)28-18-11(23)8-22-14(19(18)29-21)12-13(15(22)20(26)27-3)17(25)10-7-5-4-6-9(10)16(12)24/h4-7,11,18-19,23H,8H2,1-3H3/t11-,18-,19+/m0/s1. The zero-order chi connectivity index (χ0) is 20.7. The van der Waals surface area contributed by atoms with Gasteiger partial charge in [0.15, 0.2) is 17.4 Å². The summed E-state index contributed by atoms with van der Waals surface area (Å²) in [5.41, 5.74) is 0.953. The molecule has 0 amide bonds. The lowest BCUT2D eigenvalue weighted by atomic mass is 9.83. The van der Waals surface area contributed by atoms with Crippen LogP contribution in [0.3, 0.4) is 0 Å². The normalized spacial score (nSPS) is 26.4. The van der Waals surface area contributed by atoms with Gasteiger partial charge >= 0.3 is 5.97 Å². The Kier molecular flexibility index (Phi) is 3.68. The van der Waals surface area contributed by atoms with Crippen LogP contribution in [0.2, 0.25) is 0 Å². The molecular weight excluding hydrogens is 378 g/mol. The predicted octanol–water partition coefficient (Wildman–Crippen LogP) is 1.62. The van der Waals surface area contributed by atoms with E-state index in [1.807, 2.05) is 0 Å². The van der Waals surface area contributed by atoms with Crippen LogP contribution < -0.4 is 0 Å². The van der Waals surface area contributed by atoms with E-state index in [9.17, 15) is 19.5 Å². The van der Waals surface area contributed by atoms with Crippen molar-refractivity contribution < 1.29 is 33.7 Å². The maximum atomic E-state index is 13.4. The van der Waals surface area contributed by atoms with Crippen LogP contribution in [0.5, 0.6) is 0 Å². The number of methoxy groups -OCH3 is 1. The van der Waals surface area contributed by atoms with E-state index in [1.54, 1.807) is 38.1 Å². The third-order valence-corrected chi connectivity index (χ3v) is 5.70. The Morgan fingerprint density at radius 2 is 1.76 bits per heavy atom. The van der Waals surface area contributed by atoms with Crippen molar-refractivity contribution in [1.82, 2.24) is 4.57 Å². The van der Waals surface area contributed by atoms with Crippen molar-refractivity contribution in [3.63, 3.8) is 0 Å². The molecule has 150 valence electrons. The van der Waals surface area contributed by atoms with Gasteiger partial charge in [0, 0.05) is 11.1 Å². The minimum Gasteiger partial charge on any atom is -0.464 e. The number of carbonyl (C=O) groups is 3. The third kappa shape index (κ3) is 2.33. The number of rotatable bonds is 1. The topological polar surface area (TPSA) is 104 Å². The van der Waals surface area contributed by atoms with Crippen molar-refractivity contribution in [2.45, 2.75) is 44.5 Å². The summed E-state index contributed by atoms with van der Waals surface area (Å²) in [5.74, 6) is -2.54. The van der Waals surface area contributed by atoms with Gasteiger partial charge in [-0.25, -0.2) is 4.79 Å². The van der Waals surface area contributed by atoms with Crippen molar-refractivity contribution in [3.8, 4) is 0 Å². The fraction of sp³-hybridized carbons (Fsp3) is 0.381. The summed E-state index contributed by atoms with van der Waals surface area (Å²) >= 11 is 0. The van der Waals surface area contributed by atoms with Gasteiger partial charge in [-0.15, -0.1) is 0 Å². The molecule has 29 heavy (non-hydrogen) atoms. The van der Waals surface area contributed by atoms with Gasteiger partial charge in [-0.3, -0.25) is 9.59 Å². The highest BCUT2D eigenvalue weighted by Crippen LogP contribution is 2.47. The second-order valence-electron chi connectivity index (χ2n) is 7.88. The minimum absolute atomic E-state index is 0.00305. The molecule has 1 N–H and O–H groups in total. The first-order valence-electron chi connectivity index (χ1n) is 9.32. The van der Waals surface area contributed by atoms with Gasteiger partial charge in [-0.2, -0.15) is 0 Å². The Bertz CT molecular complexity index is 1100. The smallest absolute Gasteiger partial charge is 0.355 e. The number of hydrogen-bond acceptors (Lipinski definition) is 7. The van der Waals surface area contributed by atoms with Crippen LogP contribution >= 0.6 is 0 Å². The van der Waals surface area contributed by atoms with Crippen LogP contribution in [0.1, 0.15) is 68.0 Å². The number of esters is 1. The number of hydrogen-bond donors (Lipinski definition) is 1. The number of aliphatic hydroxyl groups excluding tert-OH is 1. The lowest BCUT2D eigenvalue weighted by Crippen LogP contribution is -2.41. The molecule has 3 heterocycles. The zero-order valence-electron chi connectivity index (χ0n) is 16.1. The molecule has 0 bridgehead atoms. The van der Waals surface area contributed by atoms with Gasteiger partial charge in [0.05, 0.1) is 30.5 Å². The molecule has 2 aromatic rings. The number of nitrogens with zero attached hydrogens (tertiary/aromatic N) is 1. The fourth-order valence-electron chi connectivity index (χ4n) is 4.60. The SMILES string of the molecule is COC(=O)c1c2c(c3n1C[C@H](O)[C@@H]1OC(C)(C)O[C@H]31)C(=O)c1ccccc1C2=O. The van der Waals surface area contributed by atoms with Crippen LogP contribution in [-0.4, -0.2) is 52.3 Å². The molecule has 1 aliphatic carbocycles. The van der Waals surface area contributed by atoms with E-state index in [4.69, 9.17) is 14.2 Å². The number of benzene rings is 1. The van der Waals surface area contributed by atoms with Crippen molar-refractivity contribution in [1.29, 1.82) is 0 Å². The minimum atomic E-state index is -0.992. The molecule has 1 aromatic heterocycles. The quantitative estimate of drug-likeness (QED) is 0.622. The second-order valence-corrected chi connectivity index (χ2v) is 7.88. The summed E-state index contributed by atoms with van der Waals surface area (Å²) in [7, 11) is 1.21. The number of aliphatic hydroxyl groups is 1. The lowest BCUT2D eigenvalue weighted by molar-refractivity contribution is -0.154. The van der Waals surface area contributed by atoms with E-state index >= 15 is 0 Å². The van der Waals surface area contributed by atoms with Gasteiger partial charge in [-0.1, -0.05) is 24.3 Å². The number of ether oxygens (including phenoxy) is 3. The van der Waals surface area contributed by atoms with Crippen LogP contribution in [0.4, 0.5) is 0 Å². The van der Waals surface area contributed by atoms with Crippen LogP contribution in [0.15, 0.2) is 24.3 Å². The van der Waals surface area contributed by atoms with E-state index in [2.05, 4.69) is 0 Å². The number of carbonyl (C=O) groups excluding carboxylic acids is 3. The molecule has 8 nitrogen and oxygen atoms in total. The van der Waals surface area contributed by atoms with Crippen molar-refractivity contribution in [2.75, 3.05) is 7.11 Å². The Hall–Kier alpha value is -2.81. The molecule has 1 saturated heterocycles. The summed E-state index contributed by atoms with van der Waals surface area (Å²) in [4.78, 5) is 39.4. The van der Waals surface area contributed by atoms with E-state index in [0.29, 0.717) is 5.69 Å². The van der Waals surface area contributed by atoms with E-state index in [0.717, 1.165) is 0 Å². The van der Waals surface area contributed by atoms with Crippen LogP contribution in [0, 0.1) is 0 Å². The Balaban J connectivity index is 1.83. The Labute approximate surface area is 166 Å². The molecule has 0 unspecified atom stereocenters. The molecule has 5 rings (SSSR count). The monoisotopic (exact) mass is 397 g/mol. The van der Waals surface area contributed by atoms with E-state index in [1.165, 1.54) is 11.7 Å². The Morgan fingerprint density at radius 1 is 1.14 bits per heavy atom. The molecule has 1 aromatic carbocycles. The van der Waals surface area contributed by atoms with Crippen molar-refractivity contribution in [3.05, 3.63) is 57.9 Å². The first kappa shape index (κ1) is 18.2. The lowest BCUT2D eigenvalue weighted by Gasteiger charge is -2.31. The average Bonchev–Trinajstić information content (AvgIpc) is 3.20. The predicted molar refractivity (Wildman–Crippen MR) is 97.9 cm³/mol. The highest BCUT2D eigenvalue weighted by atomic mass is 16.8. The molecule has 1 fully saturated rings. The van der Waals surface area contributed by atoms with Gasteiger partial charge in [-0.05, 0) is 13.8 Å². The van der Waals surface area contributed by atoms with Crippen LogP contribution in [-0.2, 0) is 20.8 Å². The maximum Gasteiger partial charge on any atom is 0.355 e. The second kappa shape index (κ2) is 5.85. The molecular formula is C21H19NO7. The highest BCUT2D eigenvalue weighted by molar-refractivity contribution is 6.31. The molecule has 3 aliphatic rings. The van der Waals surface area contributed by atoms with Gasteiger partial charge in [0.1, 0.15) is 24.0 Å². The fourth-order valence-corrected chi connectivity index (χ4v) is 4.60. The van der Waals surface area contributed by atoms with E-state index in [-0.39, 0.29) is 40.3 Å².